The van der Waals surface area contributed by atoms with Gasteiger partial charge in [-0.25, -0.2) is 0 Å². The Morgan fingerprint density at radius 2 is 1.00 bits per heavy atom. The standard InChI is InChI=1S/BH3O3.Gd.H2Te/c2-1(3)4;;/h2-4H;;1H2. The van der Waals surface area contributed by atoms with Crippen molar-refractivity contribution in [3.05, 3.63) is 0 Å². The summed E-state index contributed by atoms with van der Waals surface area (Å²) < 4.78 is 0. The molecule has 0 bridgehead atoms. The zero-order chi connectivity index (χ0) is 3.58. The van der Waals surface area contributed by atoms with Gasteiger partial charge in [-0.1, -0.05) is 0 Å². The maximum absolute atomic E-state index is 7.17. The van der Waals surface area contributed by atoms with Crippen LogP contribution in [0.5, 0.6) is 0 Å². The van der Waals surface area contributed by atoms with Crippen LogP contribution in [0.15, 0.2) is 0 Å². The molecular formula is H5BGdO3Te. The molecule has 0 saturated carbocycles. The summed E-state index contributed by atoms with van der Waals surface area (Å²) >= 11 is 0. The third kappa shape index (κ3) is 36.6. The van der Waals surface area contributed by atoms with Crippen LogP contribution in [0.25, 0.3) is 0 Å². The summed E-state index contributed by atoms with van der Waals surface area (Å²) in [4.78, 5) is 0. The average Bonchev–Trinajstić information content (AvgIpc) is 0.811. The molecular weight excluding hydrogens is 344 g/mol. The molecule has 0 heterocycles. The van der Waals surface area contributed by atoms with Gasteiger partial charge in [-0.2, -0.15) is 0 Å². The fraction of sp³-hybridized carbons (Fsp3) is 0. The molecule has 6 heteroatoms. The Labute approximate surface area is 84.7 Å². The Morgan fingerprint density at radius 3 is 1.00 bits per heavy atom. The number of rotatable bonds is 0. The molecule has 0 aliphatic heterocycles. The predicted octanol–water partition coefficient (Wildman–Crippen LogP) is -2.97. The van der Waals surface area contributed by atoms with Gasteiger partial charge in [0.2, 0.25) is 0 Å². The van der Waals surface area contributed by atoms with E-state index in [1.165, 1.54) is 0 Å². The van der Waals surface area contributed by atoms with Crippen LogP contribution in [0.4, 0.5) is 0 Å². The van der Waals surface area contributed by atoms with Gasteiger partial charge in [0.15, 0.2) is 0 Å². The molecule has 0 aliphatic rings. The Morgan fingerprint density at radius 1 is 1.00 bits per heavy atom. The quantitative estimate of drug-likeness (QED) is 0.410. The van der Waals surface area contributed by atoms with Gasteiger partial charge in [-0.3, -0.25) is 0 Å². The van der Waals surface area contributed by atoms with Gasteiger partial charge in [0.25, 0.3) is 0 Å². The van der Waals surface area contributed by atoms with Gasteiger partial charge in [-0.05, 0) is 0 Å². The SMILES string of the molecule is OB(O)O.[Gd].[TeH2]. The van der Waals surface area contributed by atoms with Crippen molar-refractivity contribution in [1.82, 2.24) is 0 Å². The third-order valence-corrected chi connectivity index (χ3v) is 0. The second-order valence-corrected chi connectivity index (χ2v) is 0.346. The molecule has 6 heavy (non-hydrogen) atoms. The first-order valence-electron chi connectivity index (χ1n) is 0.775. The summed E-state index contributed by atoms with van der Waals surface area (Å²) in [5, 5.41) is 21.5. The average molecular weight is 349 g/mol. The van der Waals surface area contributed by atoms with E-state index < -0.39 is 7.32 Å². The summed E-state index contributed by atoms with van der Waals surface area (Å²) in [6.07, 6.45) is 0. The fourth-order valence-electron chi connectivity index (χ4n) is 0. The third-order valence-electron chi connectivity index (χ3n) is 0. The zero-order valence-corrected chi connectivity index (χ0v) is 7.90. The summed E-state index contributed by atoms with van der Waals surface area (Å²) in [5.41, 5.74) is 0. The van der Waals surface area contributed by atoms with Gasteiger partial charge in [0.1, 0.15) is 0 Å². The van der Waals surface area contributed by atoms with Crippen LogP contribution in [0, 0.1) is 39.9 Å². The van der Waals surface area contributed by atoms with E-state index in [1.54, 1.807) is 0 Å². The summed E-state index contributed by atoms with van der Waals surface area (Å²) in [6, 6.07) is 0. The van der Waals surface area contributed by atoms with Crippen molar-refractivity contribution in [2.24, 2.45) is 0 Å². The molecule has 0 spiro atoms. The van der Waals surface area contributed by atoms with Crippen molar-refractivity contribution >= 4 is 31.0 Å². The molecule has 0 radical (unpaired) electrons. The van der Waals surface area contributed by atoms with Crippen LogP contribution in [-0.2, 0) is 0 Å². The second kappa shape index (κ2) is 10.1. The van der Waals surface area contributed by atoms with Crippen LogP contribution in [0.1, 0.15) is 0 Å². The summed E-state index contributed by atoms with van der Waals surface area (Å²) in [5.74, 6) is 0. The van der Waals surface area contributed by atoms with Crippen LogP contribution in [-0.4, -0.2) is 46.1 Å². The van der Waals surface area contributed by atoms with Crippen molar-refractivity contribution < 1.29 is 55.0 Å². The molecule has 0 atom stereocenters. The van der Waals surface area contributed by atoms with Gasteiger partial charge in [-0.15, -0.1) is 0 Å². The van der Waals surface area contributed by atoms with E-state index in [9.17, 15) is 0 Å². The maximum atomic E-state index is 7.17. The Balaban J connectivity index is -0.0000000450. The second-order valence-electron chi connectivity index (χ2n) is 0.346. The minimum absolute atomic E-state index is 0. The van der Waals surface area contributed by atoms with Gasteiger partial charge in [0, 0.05) is 39.9 Å². The van der Waals surface area contributed by atoms with Crippen LogP contribution >= 0.6 is 0 Å². The van der Waals surface area contributed by atoms with Crippen molar-refractivity contribution in [1.29, 1.82) is 0 Å². The van der Waals surface area contributed by atoms with E-state index in [4.69, 9.17) is 15.1 Å². The zero-order valence-electron chi connectivity index (χ0n) is 2.77. The fourth-order valence-corrected chi connectivity index (χ4v) is 0. The Hall–Kier alpha value is 2.06. The summed E-state index contributed by atoms with van der Waals surface area (Å²) in [7, 11) is -2.17. The van der Waals surface area contributed by atoms with Gasteiger partial charge >= 0.3 is 31.0 Å². The van der Waals surface area contributed by atoms with Crippen LogP contribution in [0.3, 0.4) is 0 Å². The molecule has 3 N–H and O–H groups in total. The minimum atomic E-state index is -2.17. The molecule has 0 unspecified atom stereocenters. The predicted molar refractivity (Wildman–Crippen MR) is 21.0 cm³/mol. The van der Waals surface area contributed by atoms with Gasteiger partial charge in [0.05, 0.1) is 0 Å². The van der Waals surface area contributed by atoms with E-state index in [0.717, 1.165) is 0 Å². The topological polar surface area (TPSA) is 60.7 Å². The van der Waals surface area contributed by atoms with E-state index >= 15 is 0 Å². The molecule has 0 saturated heterocycles. The van der Waals surface area contributed by atoms with Crippen LogP contribution in [0.2, 0.25) is 0 Å². The Bertz CT molecular complexity index is 15.5. The van der Waals surface area contributed by atoms with Crippen LogP contribution < -0.4 is 0 Å². The van der Waals surface area contributed by atoms with E-state index in [2.05, 4.69) is 0 Å². The molecule has 0 aliphatic carbocycles. The van der Waals surface area contributed by atoms with Gasteiger partial charge < -0.3 is 15.1 Å². The monoisotopic (exact) mass is 352 g/mol. The van der Waals surface area contributed by atoms with Crippen molar-refractivity contribution in [3.8, 4) is 0 Å². The normalized spacial score (nSPS) is 4.50. The molecule has 0 amide bonds. The van der Waals surface area contributed by atoms with Crippen molar-refractivity contribution in [3.63, 3.8) is 0 Å². The van der Waals surface area contributed by atoms with E-state index in [-0.39, 0.29) is 63.6 Å². The van der Waals surface area contributed by atoms with E-state index in [0.29, 0.717) is 0 Å². The van der Waals surface area contributed by atoms with Crippen molar-refractivity contribution in [2.75, 3.05) is 0 Å². The molecule has 3 nitrogen and oxygen atoms in total. The Kier molecular flexibility index (Phi) is 26.5. The first kappa shape index (κ1) is 15.7. The summed E-state index contributed by atoms with van der Waals surface area (Å²) in [6.45, 7) is 0. The van der Waals surface area contributed by atoms with E-state index in [1.807, 2.05) is 0 Å². The molecule has 0 fully saturated rings. The first-order chi connectivity index (χ1) is 1.73. The molecule has 40 valence electrons. The number of hydrogen-bond acceptors (Lipinski definition) is 3. The number of hydrogen-bond donors (Lipinski definition) is 3. The van der Waals surface area contributed by atoms with Crippen molar-refractivity contribution in [2.45, 2.75) is 0 Å². The molecule has 0 aromatic carbocycles. The molecule has 0 aromatic rings. The molecule has 0 aromatic heterocycles. The first-order valence-corrected chi connectivity index (χ1v) is 0.775. The molecule has 0 rings (SSSR count).